The summed E-state index contributed by atoms with van der Waals surface area (Å²) in [5.41, 5.74) is -0.147. The molecule has 166 valence electrons. The molecule has 0 saturated carbocycles. The van der Waals surface area contributed by atoms with Crippen LogP contribution in [-0.4, -0.2) is 54.4 Å². The van der Waals surface area contributed by atoms with E-state index in [4.69, 9.17) is 14.2 Å². The number of aliphatic hydroxyl groups is 1. The first kappa shape index (κ1) is 24.1. The van der Waals surface area contributed by atoms with Crippen molar-refractivity contribution in [3.63, 3.8) is 0 Å². The molecule has 0 aromatic heterocycles. The van der Waals surface area contributed by atoms with E-state index in [1.54, 1.807) is 31.4 Å². The van der Waals surface area contributed by atoms with Crippen molar-refractivity contribution in [1.82, 2.24) is 4.90 Å². The molecule has 31 heavy (non-hydrogen) atoms. The summed E-state index contributed by atoms with van der Waals surface area (Å²) in [6.07, 6.45) is -0.182. The molecule has 0 fully saturated rings. The highest BCUT2D eigenvalue weighted by atomic mass is 16.5. The van der Waals surface area contributed by atoms with E-state index in [0.29, 0.717) is 5.75 Å². The Hall–Kier alpha value is -3.16. The van der Waals surface area contributed by atoms with Crippen LogP contribution in [0.15, 0.2) is 67.3 Å². The minimum atomic E-state index is -1.77. The van der Waals surface area contributed by atoms with Gasteiger partial charge >= 0.3 is 5.97 Å². The summed E-state index contributed by atoms with van der Waals surface area (Å²) in [6.45, 7) is 4.95. The van der Waals surface area contributed by atoms with E-state index in [-0.39, 0.29) is 19.8 Å². The number of carbonyl (C=O) groups is 2. The number of rotatable bonds is 11. The van der Waals surface area contributed by atoms with E-state index < -0.39 is 23.5 Å². The van der Waals surface area contributed by atoms with Crippen LogP contribution < -0.4 is 4.74 Å². The molecule has 0 spiro atoms. The monoisotopic (exact) mass is 427 g/mol. The minimum absolute atomic E-state index is 0.0313. The van der Waals surface area contributed by atoms with Crippen LogP contribution in [0.4, 0.5) is 0 Å². The summed E-state index contributed by atoms with van der Waals surface area (Å²) in [6, 6.07) is 16.4. The van der Waals surface area contributed by atoms with Crippen molar-refractivity contribution < 1.29 is 28.9 Å². The van der Waals surface area contributed by atoms with Crippen LogP contribution in [0, 0.1) is 0 Å². The van der Waals surface area contributed by atoms with Gasteiger partial charge in [0.25, 0.3) is 0 Å². The summed E-state index contributed by atoms with van der Waals surface area (Å²) in [5, 5.41) is 10.7. The van der Waals surface area contributed by atoms with Crippen molar-refractivity contribution in [2.75, 3.05) is 20.8 Å². The highest BCUT2D eigenvalue weighted by Gasteiger charge is 2.51. The molecule has 0 bridgehead atoms. The second-order valence-corrected chi connectivity index (χ2v) is 7.05. The van der Waals surface area contributed by atoms with Gasteiger partial charge in [0.2, 0.25) is 5.91 Å². The van der Waals surface area contributed by atoms with Gasteiger partial charge in [-0.3, -0.25) is 4.79 Å². The van der Waals surface area contributed by atoms with Crippen LogP contribution in [0.2, 0.25) is 0 Å². The number of hydrogen-bond donors (Lipinski definition) is 1. The zero-order valence-electron chi connectivity index (χ0n) is 18.1. The van der Waals surface area contributed by atoms with Crippen molar-refractivity contribution >= 4 is 11.9 Å². The maximum absolute atomic E-state index is 13.0. The highest BCUT2D eigenvalue weighted by molar-refractivity contribution is 5.94. The Bertz CT molecular complexity index is 865. The van der Waals surface area contributed by atoms with Crippen LogP contribution in [0.1, 0.15) is 18.1 Å². The second kappa shape index (κ2) is 11.3. The third-order valence-corrected chi connectivity index (χ3v) is 5.09. The van der Waals surface area contributed by atoms with Gasteiger partial charge in [-0.05, 0) is 36.3 Å². The van der Waals surface area contributed by atoms with Gasteiger partial charge in [-0.25, -0.2) is 4.79 Å². The van der Waals surface area contributed by atoms with Gasteiger partial charge in [0, 0.05) is 6.54 Å². The molecule has 0 aliphatic carbocycles. The highest BCUT2D eigenvalue weighted by Crippen LogP contribution is 2.27. The van der Waals surface area contributed by atoms with Crippen LogP contribution >= 0.6 is 0 Å². The molecule has 0 aliphatic rings. The van der Waals surface area contributed by atoms with Crippen LogP contribution in [0.3, 0.4) is 0 Å². The van der Waals surface area contributed by atoms with Crippen molar-refractivity contribution in [1.29, 1.82) is 0 Å². The number of hydrogen-bond acceptors (Lipinski definition) is 6. The molecule has 1 unspecified atom stereocenters. The van der Waals surface area contributed by atoms with Gasteiger partial charge in [0.15, 0.2) is 5.54 Å². The Kier molecular flexibility index (Phi) is 8.78. The molecule has 0 heterocycles. The molecule has 7 nitrogen and oxygen atoms in total. The number of carbonyl (C=O) groups excluding carboxylic acids is 2. The molecule has 0 radical (unpaired) electrons. The van der Waals surface area contributed by atoms with Crippen LogP contribution in [0.5, 0.6) is 5.75 Å². The molecular formula is C24H29NO6. The number of methoxy groups -OCH3 is 2. The Morgan fingerprint density at radius 2 is 1.74 bits per heavy atom. The second-order valence-electron chi connectivity index (χ2n) is 7.05. The van der Waals surface area contributed by atoms with Crippen LogP contribution in [-0.2, 0) is 32.2 Å². The van der Waals surface area contributed by atoms with Gasteiger partial charge < -0.3 is 24.2 Å². The fraction of sp³-hybridized carbons (Fsp3) is 0.333. The molecule has 2 atom stereocenters. The summed E-state index contributed by atoms with van der Waals surface area (Å²) < 4.78 is 16.0. The number of aliphatic hydroxyl groups excluding tert-OH is 1. The van der Waals surface area contributed by atoms with Gasteiger partial charge in [-0.1, -0.05) is 49.0 Å². The SMILES string of the molecule is C=CC(=O)N(Cc1ccc(OC)cc1)[C@@](COCc1ccccc1)(C(=O)OC)C(C)O. The largest absolute Gasteiger partial charge is 0.497 e. The summed E-state index contributed by atoms with van der Waals surface area (Å²) in [4.78, 5) is 27.1. The predicted molar refractivity (Wildman–Crippen MR) is 116 cm³/mol. The lowest BCUT2D eigenvalue weighted by atomic mass is 9.90. The zero-order valence-corrected chi connectivity index (χ0v) is 18.1. The Labute approximate surface area is 182 Å². The van der Waals surface area contributed by atoms with E-state index in [0.717, 1.165) is 17.2 Å². The molecule has 0 saturated heterocycles. The van der Waals surface area contributed by atoms with E-state index in [1.807, 2.05) is 30.3 Å². The number of benzene rings is 2. The summed E-state index contributed by atoms with van der Waals surface area (Å²) in [5.74, 6) is -0.656. The normalized spacial score (nSPS) is 13.5. The van der Waals surface area contributed by atoms with E-state index >= 15 is 0 Å². The molecule has 2 rings (SSSR count). The lowest BCUT2D eigenvalue weighted by molar-refractivity contribution is -0.177. The maximum atomic E-state index is 13.0. The fourth-order valence-corrected chi connectivity index (χ4v) is 3.28. The zero-order chi connectivity index (χ0) is 22.9. The van der Waals surface area contributed by atoms with E-state index in [1.165, 1.54) is 18.9 Å². The summed E-state index contributed by atoms with van der Waals surface area (Å²) >= 11 is 0. The molecule has 1 N–H and O–H groups in total. The van der Waals surface area contributed by atoms with Crippen molar-refractivity contribution in [2.24, 2.45) is 0 Å². The third kappa shape index (κ3) is 5.71. The van der Waals surface area contributed by atoms with Gasteiger partial charge in [0.1, 0.15) is 5.75 Å². The Morgan fingerprint density at radius 1 is 1.10 bits per heavy atom. The van der Waals surface area contributed by atoms with Gasteiger partial charge in [-0.2, -0.15) is 0 Å². The molecule has 1 amide bonds. The molecule has 7 heteroatoms. The Balaban J connectivity index is 2.39. The smallest absolute Gasteiger partial charge is 0.336 e. The van der Waals surface area contributed by atoms with E-state index in [2.05, 4.69) is 6.58 Å². The predicted octanol–water partition coefficient (Wildman–Crippen LogP) is 2.72. The number of nitrogens with zero attached hydrogens (tertiary/aromatic N) is 1. The van der Waals surface area contributed by atoms with Crippen LogP contribution in [0.25, 0.3) is 0 Å². The number of ether oxygens (including phenoxy) is 3. The first-order chi connectivity index (χ1) is 14.9. The lowest BCUT2D eigenvalue weighted by Gasteiger charge is -2.42. The molecule has 0 aliphatic heterocycles. The minimum Gasteiger partial charge on any atom is -0.497 e. The van der Waals surface area contributed by atoms with Crippen molar-refractivity contribution in [3.8, 4) is 5.75 Å². The summed E-state index contributed by atoms with van der Waals surface area (Å²) in [7, 11) is 2.77. The average molecular weight is 427 g/mol. The standard InChI is InChI=1S/C24H29NO6/c1-5-22(27)25(15-19-11-13-21(29-3)14-12-19)24(18(2)26,23(28)30-4)17-31-16-20-9-7-6-8-10-20/h5-14,18,26H,1,15-17H2,2-4H3/t18?,24-/m1/s1. The average Bonchev–Trinajstić information content (AvgIpc) is 2.80. The molecule has 2 aromatic rings. The molecular weight excluding hydrogens is 398 g/mol. The number of amides is 1. The van der Waals surface area contributed by atoms with Gasteiger partial charge in [-0.15, -0.1) is 0 Å². The molecule has 2 aromatic carbocycles. The van der Waals surface area contributed by atoms with E-state index in [9.17, 15) is 14.7 Å². The van der Waals surface area contributed by atoms with Crippen molar-refractivity contribution in [3.05, 3.63) is 78.4 Å². The quantitative estimate of drug-likeness (QED) is 0.438. The first-order valence-corrected chi connectivity index (χ1v) is 9.84. The third-order valence-electron chi connectivity index (χ3n) is 5.09. The van der Waals surface area contributed by atoms with Crippen molar-refractivity contribution in [2.45, 2.75) is 31.7 Å². The lowest BCUT2D eigenvalue weighted by Crippen LogP contribution is -2.65. The fourth-order valence-electron chi connectivity index (χ4n) is 3.28. The number of esters is 1. The Morgan fingerprint density at radius 3 is 2.26 bits per heavy atom. The first-order valence-electron chi connectivity index (χ1n) is 9.84. The van der Waals surface area contributed by atoms with Gasteiger partial charge in [0.05, 0.1) is 33.5 Å². The topological polar surface area (TPSA) is 85.3 Å². The maximum Gasteiger partial charge on any atom is 0.336 e.